The third-order valence-electron chi connectivity index (χ3n) is 2.73. The van der Waals surface area contributed by atoms with Crippen LogP contribution in [0.4, 0.5) is 13.2 Å². The molecule has 1 aliphatic heterocycles. The molecule has 1 atom stereocenters. The van der Waals surface area contributed by atoms with Crippen molar-refractivity contribution in [2.45, 2.75) is 19.0 Å². The first kappa shape index (κ1) is 14.7. The van der Waals surface area contributed by atoms with Gasteiger partial charge in [0.25, 0.3) is 0 Å². The smallest absolute Gasteiger partial charge is 0.393 e. The van der Waals surface area contributed by atoms with E-state index in [1.165, 1.54) is 0 Å². The third-order valence-corrected chi connectivity index (χ3v) is 3.06. The Morgan fingerprint density at radius 1 is 1.47 bits per heavy atom. The van der Waals surface area contributed by atoms with Crippen LogP contribution >= 0.6 is 12.2 Å². The highest BCUT2D eigenvalue weighted by molar-refractivity contribution is 7.80. The SMILES string of the molecule is NC(=S)C1CCCN(CCOCC(F)(F)F)C1. The number of likely N-dealkylation sites (tertiary alicyclic amines) is 1. The van der Waals surface area contributed by atoms with Gasteiger partial charge in [0.1, 0.15) is 6.61 Å². The van der Waals surface area contributed by atoms with Gasteiger partial charge in [-0.15, -0.1) is 0 Å². The molecule has 0 aromatic heterocycles. The number of halogens is 3. The van der Waals surface area contributed by atoms with E-state index in [9.17, 15) is 13.2 Å². The first-order valence-corrected chi connectivity index (χ1v) is 5.95. The van der Waals surface area contributed by atoms with Gasteiger partial charge in [0.05, 0.1) is 11.6 Å². The molecule has 0 bridgehead atoms. The molecule has 1 rings (SSSR count). The summed E-state index contributed by atoms with van der Waals surface area (Å²) in [6.45, 7) is 0.998. The van der Waals surface area contributed by atoms with Crippen LogP contribution in [0.15, 0.2) is 0 Å². The van der Waals surface area contributed by atoms with Gasteiger partial charge >= 0.3 is 6.18 Å². The number of thiocarbonyl (C=S) groups is 1. The van der Waals surface area contributed by atoms with Crippen LogP contribution in [0, 0.1) is 5.92 Å². The number of piperidine rings is 1. The number of nitrogens with zero attached hydrogens (tertiary/aromatic N) is 1. The van der Waals surface area contributed by atoms with Gasteiger partial charge in [-0.05, 0) is 19.4 Å². The van der Waals surface area contributed by atoms with Crippen LogP contribution in [0.1, 0.15) is 12.8 Å². The van der Waals surface area contributed by atoms with Gasteiger partial charge in [0.2, 0.25) is 0 Å². The molecule has 1 unspecified atom stereocenters. The van der Waals surface area contributed by atoms with Gasteiger partial charge in [0.15, 0.2) is 0 Å². The Morgan fingerprint density at radius 2 is 2.18 bits per heavy atom. The van der Waals surface area contributed by atoms with E-state index in [0.717, 1.165) is 25.9 Å². The minimum Gasteiger partial charge on any atom is -0.393 e. The van der Waals surface area contributed by atoms with Gasteiger partial charge in [-0.25, -0.2) is 0 Å². The zero-order valence-electron chi connectivity index (χ0n) is 9.50. The first-order chi connectivity index (χ1) is 7.88. The van der Waals surface area contributed by atoms with Gasteiger partial charge in [-0.2, -0.15) is 13.2 Å². The summed E-state index contributed by atoms with van der Waals surface area (Å²) in [5, 5.41) is 0. The van der Waals surface area contributed by atoms with E-state index in [2.05, 4.69) is 4.74 Å². The lowest BCUT2D eigenvalue weighted by molar-refractivity contribution is -0.174. The second kappa shape index (κ2) is 6.51. The van der Waals surface area contributed by atoms with Crippen LogP contribution < -0.4 is 5.73 Å². The number of ether oxygens (including phenoxy) is 1. The van der Waals surface area contributed by atoms with Crippen molar-refractivity contribution < 1.29 is 17.9 Å². The Balaban J connectivity index is 2.17. The lowest BCUT2D eigenvalue weighted by Crippen LogP contribution is -2.42. The monoisotopic (exact) mass is 270 g/mol. The normalized spacial score (nSPS) is 22.6. The Bertz CT molecular complexity index is 260. The minimum atomic E-state index is -4.25. The fraction of sp³-hybridized carbons (Fsp3) is 0.900. The summed E-state index contributed by atoms with van der Waals surface area (Å²) in [5.41, 5.74) is 5.57. The highest BCUT2D eigenvalue weighted by Crippen LogP contribution is 2.17. The van der Waals surface area contributed by atoms with Gasteiger partial charge in [0, 0.05) is 19.0 Å². The van der Waals surface area contributed by atoms with Crippen molar-refractivity contribution >= 4 is 17.2 Å². The lowest BCUT2D eigenvalue weighted by atomic mass is 9.98. The van der Waals surface area contributed by atoms with Crippen molar-refractivity contribution in [2.24, 2.45) is 11.7 Å². The molecule has 0 amide bonds. The molecule has 0 aliphatic carbocycles. The topological polar surface area (TPSA) is 38.5 Å². The summed E-state index contributed by atoms with van der Waals surface area (Å²) >= 11 is 4.92. The molecule has 17 heavy (non-hydrogen) atoms. The van der Waals surface area contributed by atoms with Crippen molar-refractivity contribution in [1.29, 1.82) is 0 Å². The maximum Gasteiger partial charge on any atom is 0.411 e. The van der Waals surface area contributed by atoms with Crippen LogP contribution in [0.3, 0.4) is 0 Å². The van der Waals surface area contributed by atoms with Crippen molar-refractivity contribution in [3.05, 3.63) is 0 Å². The summed E-state index contributed by atoms with van der Waals surface area (Å²) in [6, 6.07) is 0. The predicted octanol–water partition coefficient (Wildman–Crippen LogP) is 1.56. The van der Waals surface area contributed by atoms with E-state index < -0.39 is 12.8 Å². The molecular formula is C10H17F3N2OS. The van der Waals surface area contributed by atoms with E-state index in [1.807, 2.05) is 4.90 Å². The van der Waals surface area contributed by atoms with E-state index in [4.69, 9.17) is 18.0 Å². The molecule has 7 heteroatoms. The van der Waals surface area contributed by atoms with Gasteiger partial charge in [-0.3, -0.25) is 0 Å². The predicted molar refractivity (Wildman–Crippen MR) is 62.8 cm³/mol. The molecule has 0 saturated carbocycles. The highest BCUT2D eigenvalue weighted by Gasteiger charge is 2.27. The molecule has 0 radical (unpaired) electrons. The number of alkyl halides is 3. The van der Waals surface area contributed by atoms with E-state index >= 15 is 0 Å². The van der Waals surface area contributed by atoms with Crippen LogP contribution in [0.25, 0.3) is 0 Å². The Labute approximate surface area is 104 Å². The van der Waals surface area contributed by atoms with Crippen molar-refractivity contribution in [1.82, 2.24) is 4.90 Å². The van der Waals surface area contributed by atoms with Crippen molar-refractivity contribution in [3.8, 4) is 0 Å². The molecule has 3 nitrogen and oxygen atoms in total. The Kier molecular flexibility index (Phi) is 5.61. The summed E-state index contributed by atoms with van der Waals surface area (Å²) < 4.78 is 40.0. The molecule has 2 N–H and O–H groups in total. The summed E-state index contributed by atoms with van der Waals surface area (Å²) in [6.07, 6.45) is -2.31. The molecule has 1 fully saturated rings. The van der Waals surface area contributed by atoms with Crippen LogP contribution in [0.5, 0.6) is 0 Å². The average molecular weight is 270 g/mol. The maximum absolute atomic E-state index is 11.8. The molecule has 1 saturated heterocycles. The number of nitrogens with two attached hydrogens (primary N) is 1. The molecular weight excluding hydrogens is 253 g/mol. The molecule has 0 aromatic carbocycles. The molecule has 0 spiro atoms. The van der Waals surface area contributed by atoms with Crippen molar-refractivity contribution in [3.63, 3.8) is 0 Å². The Hall–Kier alpha value is -0.400. The van der Waals surface area contributed by atoms with E-state index in [-0.39, 0.29) is 12.5 Å². The lowest BCUT2D eigenvalue weighted by Gasteiger charge is -2.31. The van der Waals surface area contributed by atoms with Gasteiger partial charge in [-0.1, -0.05) is 12.2 Å². The Morgan fingerprint density at radius 3 is 2.76 bits per heavy atom. The zero-order chi connectivity index (χ0) is 12.9. The fourth-order valence-corrected chi connectivity index (χ4v) is 2.06. The zero-order valence-corrected chi connectivity index (χ0v) is 10.3. The van der Waals surface area contributed by atoms with Gasteiger partial charge < -0.3 is 15.4 Å². The largest absolute Gasteiger partial charge is 0.411 e. The maximum atomic E-state index is 11.8. The summed E-state index contributed by atoms with van der Waals surface area (Å²) in [4.78, 5) is 2.54. The quantitative estimate of drug-likeness (QED) is 0.608. The third kappa shape index (κ3) is 6.18. The number of hydrogen-bond acceptors (Lipinski definition) is 3. The van der Waals surface area contributed by atoms with E-state index in [0.29, 0.717) is 11.5 Å². The fourth-order valence-electron chi connectivity index (χ4n) is 1.87. The molecule has 100 valence electrons. The summed E-state index contributed by atoms with van der Waals surface area (Å²) in [5.74, 6) is 0.182. The van der Waals surface area contributed by atoms with Crippen molar-refractivity contribution in [2.75, 3.05) is 32.8 Å². The highest BCUT2D eigenvalue weighted by atomic mass is 32.1. The second-order valence-electron chi connectivity index (χ2n) is 4.21. The second-order valence-corrected chi connectivity index (χ2v) is 4.68. The average Bonchev–Trinajstić information content (AvgIpc) is 2.23. The number of hydrogen-bond donors (Lipinski definition) is 1. The molecule has 1 aliphatic rings. The molecule has 1 heterocycles. The van der Waals surface area contributed by atoms with Crippen LogP contribution in [-0.2, 0) is 4.74 Å². The standard InChI is InChI=1S/C10H17F3N2OS/c11-10(12,13)7-16-5-4-15-3-1-2-8(6-15)9(14)17/h8H,1-7H2,(H2,14,17). The van der Waals surface area contributed by atoms with Crippen LogP contribution in [0.2, 0.25) is 0 Å². The number of rotatable bonds is 5. The van der Waals surface area contributed by atoms with Crippen LogP contribution in [-0.4, -0.2) is 48.9 Å². The minimum absolute atomic E-state index is 0.0869. The van der Waals surface area contributed by atoms with E-state index in [1.54, 1.807) is 0 Å². The summed E-state index contributed by atoms with van der Waals surface area (Å²) in [7, 11) is 0. The molecule has 0 aromatic rings. The first-order valence-electron chi connectivity index (χ1n) is 5.54.